The number of carbonyl (C=O) groups is 1. The number of nitrogens with zero attached hydrogens (tertiary/aromatic N) is 1. The Morgan fingerprint density at radius 2 is 1.50 bits per heavy atom. The predicted molar refractivity (Wildman–Crippen MR) is 143 cm³/mol. The first-order valence-corrected chi connectivity index (χ1v) is 11.9. The summed E-state index contributed by atoms with van der Waals surface area (Å²) in [6.45, 7) is 15.6. The SMILES string of the molecule is COC(=O)c1c(C)c(-c2ccc(NC(C)C)cc2)c(C)c(C)c1-c1ccc(NCC(C)C)nc1. The van der Waals surface area contributed by atoms with E-state index < -0.39 is 0 Å². The molecule has 0 unspecified atom stereocenters. The topological polar surface area (TPSA) is 63.2 Å². The number of methoxy groups -OCH3 is 1. The highest BCUT2D eigenvalue weighted by molar-refractivity contribution is 6.02. The molecule has 0 saturated carbocycles. The number of aromatic nitrogens is 1. The highest BCUT2D eigenvalue weighted by atomic mass is 16.5. The van der Waals surface area contributed by atoms with Crippen molar-refractivity contribution in [2.24, 2.45) is 5.92 Å². The third kappa shape index (κ3) is 5.41. The zero-order valence-corrected chi connectivity index (χ0v) is 21.7. The Morgan fingerprint density at radius 3 is 2.03 bits per heavy atom. The van der Waals surface area contributed by atoms with Gasteiger partial charge in [0.2, 0.25) is 0 Å². The number of ether oxygens (including phenoxy) is 1. The van der Waals surface area contributed by atoms with Crippen LogP contribution in [0.2, 0.25) is 0 Å². The molecule has 0 atom stereocenters. The maximum Gasteiger partial charge on any atom is 0.338 e. The summed E-state index contributed by atoms with van der Waals surface area (Å²) in [6, 6.07) is 12.7. The second-order valence-corrected chi connectivity index (χ2v) is 9.57. The standard InChI is InChI=1S/C29H37N3O2/c1-17(2)15-30-25-14-11-23(16-31-25)27-20(6)19(5)26(21(7)28(27)29(33)34-8)22-9-12-24(13-10-22)32-18(3)4/h9-14,16-18,32H,15H2,1-8H3,(H,30,31). The van der Waals surface area contributed by atoms with Gasteiger partial charge in [0, 0.05) is 35.6 Å². The van der Waals surface area contributed by atoms with Crippen molar-refractivity contribution in [2.45, 2.75) is 54.5 Å². The van der Waals surface area contributed by atoms with Crippen LogP contribution in [0.3, 0.4) is 0 Å². The maximum atomic E-state index is 13.0. The van der Waals surface area contributed by atoms with Gasteiger partial charge in [0.05, 0.1) is 12.7 Å². The van der Waals surface area contributed by atoms with Crippen LogP contribution in [-0.2, 0) is 4.74 Å². The highest BCUT2D eigenvalue weighted by Gasteiger charge is 2.24. The summed E-state index contributed by atoms with van der Waals surface area (Å²) in [7, 11) is 1.43. The highest BCUT2D eigenvalue weighted by Crippen LogP contribution is 2.40. The third-order valence-electron chi connectivity index (χ3n) is 6.07. The Balaban J connectivity index is 2.13. The molecule has 0 spiro atoms. The quantitative estimate of drug-likeness (QED) is 0.355. The van der Waals surface area contributed by atoms with Crippen LogP contribution >= 0.6 is 0 Å². The minimum Gasteiger partial charge on any atom is -0.465 e. The summed E-state index contributed by atoms with van der Waals surface area (Å²) < 4.78 is 5.23. The minimum atomic E-state index is -0.336. The maximum absolute atomic E-state index is 13.0. The molecule has 0 aliphatic heterocycles. The second kappa shape index (κ2) is 10.7. The predicted octanol–water partition coefficient (Wildman–Crippen LogP) is 7.02. The number of esters is 1. The number of benzene rings is 2. The van der Waals surface area contributed by atoms with Crippen LogP contribution in [0.15, 0.2) is 42.6 Å². The largest absolute Gasteiger partial charge is 0.465 e. The lowest BCUT2D eigenvalue weighted by Crippen LogP contribution is -2.12. The first kappa shape index (κ1) is 25.3. The van der Waals surface area contributed by atoms with Crippen LogP contribution in [-0.4, -0.2) is 30.6 Å². The molecule has 0 fully saturated rings. The Labute approximate surface area is 204 Å². The van der Waals surface area contributed by atoms with Gasteiger partial charge in [-0.25, -0.2) is 9.78 Å². The zero-order chi connectivity index (χ0) is 25.0. The molecule has 2 N–H and O–H groups in total. The van der Waals surface area contributed by atoms with Crippen molar-refractivity contribution in [1.82, 2.24) is 4.98 Å². The number of hydrogen-bond donors (Lipinski definition) is 2. The van der Waals surface area contributed by atoms with Crippen molar-refractivity contribution in [2.75, 3.05) is 24.3 Å². The lowest BCUT2D eigenvalue weighted by molar-refractivity contribution is 0.0600. The van der Waals surface area contributed by atoms with E-state index in [9.17, 15) is 4.79 Å². The number of anilines is 2. The monoisotopic (exact) mass is 459 g/mol. The molecule has 34 heavy (non-hydrogen) atoms. The van der Waals surface area contributed by atoms with E-state index in [2.05, 4.69) is 81.4 Å². The van der Waals surface area contributed by atoms with Crippen molar-refractivity contribution in [3.63, 3.8) is 0 Å². The Morgan fingerprint density at radius 1 is 0.882 bits per heavy atom. The van der Waals surface area contributed by atoms with Crippen molar-refractivity contribution >= 4 is 17.5 Å². The van der Waals surface area contributed by atoms with Gasteiger partial charge in [-0.15, -0.1) is 0 Å². The van der Waals surface area contributed by atoms with Crippen LogP contribution in [0.25, 0.3) is 22.3 Å². The third-order valence-corrected chi connectivity index (χ3v) is 6.07. The Bertz CT molecular complexity index is 1150. The summed E-state index contributed by atoms with van der Waals surface area (Å²) in [5.41, 5.74) is 8.71. The van der Waals surface area contributed by atoms with Crippen molar-refractivity contribution < 1.29 is 9.53 Å². The molecule has 0 radical (unpaired) electrons. The van der Waals surface area contributed by atoms with Gasteiger partial charge in [0.15, 0.2) is 0 Å². The van der Waals surface area contributed by atoms with Crippen molar-refractivity contribution in [1.29, 1.82) is 0 Å². The van der Waals surface area contributed by atoms with Crippen LogP contribution in [0.4, 0.5) is 11.5 Å². The van der Waals surface area contributed by atoms with Crippen molar-refractivity contribution in [3.05, 3.63) is 64.8 Å². The van der Waals surface area contributed by atoms with Gasteiger partial charge in [-0.1, -0.05) is 26.0 Å². The molecule has 1 heterocycles. The number of nitrogens with one attached hydrogen (secondary N) is 2. The molecular formula is C29H37N3O2. The lowest BCUT2D eigenvalue weighted by atomic mass is 9.83. The van der Waals surface area contributed by atoms with E-state index >= 15 is 0 Å². The van der Waals surface area contributed by atoms with Gasteiger partial charge < -0.3 is 15.4 Å². The molecule has 0 aliphatic rings. The van der Waals surface area contributed by atoms with E-state index in [1.165, 1.54) is 7.11 Å². The molecule has 5 heteroatoms. The fourth-order valence-corrected chi connectivity index (χ4v) is 4.33. The Hall–Kier alpha value is -3.34. The second-order valence-electron chi connectivity index (χ2n) is 9.57. The van der Waals surface area contributed by atoms with E-state index in [4.69, 9.17) is 4.74 Å². The summed E-state index contributed by atoms with van der Waals surface area (Å²) in [5, 5.41) is 6.77. The van der Waals surface area contributed by atoms with Gasteiger partial charge in [-0.05, 0) is 92.6 Å². The molecule has 1 aromatic heterocycles. The molecule has 0 amide bonds. The average Bonchev–Trinajstić information content (AvgIpc) is 2.80. The molecule has 180 valence electrons. The molecule has 2 aromatic carbocycles. The average molecular weight is 460 g/mol. The van der Waals surface area contributed by atoms with Gasteiger partial charge >= 0.3 is 5.97 Å². The van der Waals surface area contributed by atoms with Gasteiger partial charge in [0.25, 0.3) is 0 Å². The van der Waals surface area contributed by atoms with Gasteiger partial charge in [-0.2, -0.15) is 0 Å². The molecule has 5 nitrogen and oxygen atoms in total. The van der Waals surface area contributed by atoms with E-state index in [1.54, 1.807) is 0 Å². The smallest absolute Gasteiger partial charge is 0.338 e. The fourth-order valence-electron chi connectivity index (χ4n) is 4.33. The molecule has 3 aromatic rings. The van der Waals surface area contributed by atoms with E-state index in [0.29, 0.717) is 17.5 Å². The van der Waals surface area contributed by atoms with Crippen molar-refractivity contribution in [3.8, 4) is 22.3 Å². The summed E-state index contributed by atoms with van der Waals surface area (Å²) in [6.07, 6.45) is 1.84. The zero-order valence-electron chi connectivity index (χ0n) is 21.7. The van der Waals surface area contributed by atoms with E-state index in [1.807, 2.05) is 25.3 Å². The number of rotatable bonds is 8. The van der Waals surface area contributed by atoms with Crippen LogP contribution in [0, 0.1) is 26.7 Å². The first-order chi connectivity index (χ1) is 16.1. The number of carbonyl (C=O) groups excluding carboxylic acids is 1. The summed E-state index contributed by atoms with van der Waals surface area (Å²) >= 11 is 0. The summed E-state index contributed by atoms with van der Waals surface area (Å²) in [4.78, 5) is 17.6. The number of pyridine rings is 1. The molecular weight excluding hydrogens is 422 g/mol. The lowest BCUT2D eigenvalue weighted by Gasteiger charge is -2.22. The number of hydrogen-bond acceptors (Lipinski definition) is 5. The Kier molecular flexibility index (Phi) is 7.98. The first-order valence-electron chi connectivity index (χ1n) is 11.9. The van der Waals surface area contributed by atoms with Crippen LogP contribution in [0.1, 0.15) is 54.7 Å². The van der Waals surface area contributed by atoms with Crippen LogP contribution in [0.5, 0.6) is 0 Å². The van der Waals surface area contributed by atoms with E-state index in [0.717, 1.165) is 57.0 Å². The molecule has 3 rings (SSSR count). The summed E-state index contributed by atoms with van der Waals surface area (Å²) in [5.74, 6) is 1.02. The van der Waals surface area contributed by atoms with Gasteiger partial charge in [0.1, 0.15) is 5.82 Å². The van der Waals surface area contributed by atoms with Crippen LogP contribution < -0.4 is 10.6 Å². The molecule has 0 saturated heterocycles. The normalized spacial score (nSPS) is 11.1. The molecule has 0 bridgehead atoms. The fraction of sp³-hybridized carbons (Fsp3) is 0.379. The molecule has 0 aliphatic carbocycles. The van der Waals surface area contributed by atoms with Gasteiger partial charge in [-0.3, -0.25) is 0 Å². The minimum absolute atomic E-state index is 0.336. The van der Waals surface area contributed by atoms with E-state index in [-0.39, 0.29) is 5.97 Å².